The highest BCUT2D eigenvalue weighted by atomic mass is 16.5. The molecule has 25 heavy (non-hydrogen) atoms. The van der Waals surface area contributed by atoms with Crippen LogP contribution < -0.4 is 4.74 Å². The zero-order valence-electron chi connectivity index (χ0n) is 14.7. The van der Waals surface area contributed by atoms with Crippen molar-refractivity contribution in [1.29, 1.82) is 0 Å². The number of hydrogen-bond acceptors (Lipinski definition) is 4. The molecule has 6 nitrogen and oxygen atoms in total. The standard InChI is InChI=1S/C19H21N3O3/c1-12-15-9-14(24-3)6-7-17(15)25-18(12)19(23)22-8-4-5-16(22)13-10-20-21(2)11-13/h6-7,9-11,16H,4-5,8H2,1-3H3. The molecule has 0 aliphatic carbocycles. The van der Waals surface area contributed by atoms with Gasteiger partial charge in [0.2, 0.25) is 0 Å². The largest absolute Gasteiger partial charge is 0.497 e. The molecule has 4 rings (SSSR count). The second kappa shape index (κ2) is 5.95. The van der Waals surface area contributed by atoms with Crippen LogP contribution in [0, 0.1) is 6.92 Å². The summed E-state index contributed by atoms with van der Waals surface area (Å²) in [7, 11) is 3.52. The van der Waals surface area contributed by atoms with E-state index < -0.39 is 0 Å². The van der Waals surface area contributed by atoms with Gasteiger partial charge in [-0.05, 0) is 38.0 Å². The van der Waals surface area contributed by atoms with E-state index in [1.54, 1.807) is 11.8 Å². The minimum Gasteiger partial charge on any atom is -0.497 e. The van der Waals surface area contributed by atoms with Gasteiger partial charge in [-0.1, -0.05) is 0 Å². The first-order chi connectivity index (χ1) is 12.1. The van der Waals surface area contributed by atoms with Crippen molar-refractivity contribution >= 4 is 16.9 Å². The van der Waals surface area contributed by atoms with Crippen molar-refractivity contribution in [2.45, 2.75) is 25.8 Å². The normalized spacial score (nSPS) is 17.4. The molecule has 1 aromatic carbocycles. The molecule has 1 atom stereocenters. The minimum atomic E-state index is -0.0565. The van der Waals surface area contributed by atoms with Crippen LogP contribution in [0.2, 0.25) is 0 Å². The Labute approximate surface area is 146 Å². The third kappa shape index (κ3) is 2.58. The lowest BCUT2D eigenvalue weighted by Crippen LogP contribution is -2.30. The number of aryl methyl sites for hydroxylation is 2. The van der Waals surface area contributed by atoms with E-state index in [1.807, 2.05) is 49.5 Å². The van der Waals surface area contributed by atoms with Gasteiger partial charge in [0, 0.05) is 36.3 Å². The number of methoxy groups -OCH3 is 1. The smallest absolute Gasteiger partial charge is 0.290 e. The van der Waals surface area contributed by atoms with Crippen LogP contribution >= 0.6 is 0 Å². The monoisotopic (exact) mass is 339 g/mol. The Kier molecular flexibility index (Phi) is 3.75. The van der Waals surface area contributed by atoms with Gasteiger partial charge in [0.25, 0.3) is 5.91 Å². The SMILES string of the molecule is COc1ccc2oc(C(=O)N3CCCC3c3cnn(C)c3)c(C)c2c1. The Balaban J connectivity index is 1.70. The molecule has 0 spiro atoms. The highest BCUT2D eigenvalue weighted by Gasteiger charge is 2.34. The van der Waals surface area contributed by atoms with Gasteiger partial charge >= 0.3 is 0 Å². The van der Waals surface area contributed by atoms with Crippen LogP contribution in [0.15, 0.2) is 35.0 Å². The summed E-state index contributed by atoms with van der Waals surface area (Å²) in [5.74, 6) is 1.11. The van der Waals surface area contributed by atoms with Gasteiger partial charge in [0.05, 0.1) is 19.3 Å². The number of rotatable bonds is 3. The van der Waals surface area contributed by atoms with E-state index >= 15 is 0 Å². The van der Waals surface area contributed by atoms with Crippen molar-refractivity contribution in [2.24, 2.45) is 7.05 Å². The molecule has 0 radical (unpaired) electrons. The Morgan fingerprint density at radius 1 is 1.40 bits per heavy atom. The topological polar surface area (TPSA) is 60.5 Å². The number of benzene rings is 1. The summed E-state index contributed by atoms with van der Waals surface area (Å²) in [6.07, 6.45) is 5.75. The summed E-state index contributed by atoms with van der Waals surface area (Å²) in [6.45, 7) is 2.66. The van der Waals surface area contributed by atoms with Crippen molar-refractivity contribution < 1.29 is 13.9 Å². The van der Waals surface area contributed by atoms with E-state index in [1.165, 1.54) is 0 Å². The highest BCUT2D eigenvalue weighted by Crippen LogP contribution is 2.35. The zero-order chi connectivity index (χ0) is 17.6. The fourth-order valence-electron chi connectivity index (χ4n) is 3.63. The van der Waals surface area contributed by atoms with E-state index in [4.69, 9.17) is 9.15 Å². The number of carbonyl (C=O) groups excluding carboxylic acids is 1. The summed E-state index contributed by atoms with van der Waals surface area (Å²) < 4.78 is 12.9. The van der Waals surface area contributed by atoms with Crippen LogP contribution in [0.1, 0.15) is 40.6 Å². The summed E-state index contributed by atoms with van der Waals surface area (Å²) in [6, 6.07) is 5.66. The number of hydrogen-bond donors (Lipinski definition) is 0. The number of furan rings is 1. The number of amides is 1. The minimum absolute atomic E-state index is 0.0565. The van der Waals surface area contributed by atoms with Crippen LogP contribution in [0.4, 0.5) is 0 Å². The lowest BCUT2D eigenvalue weighted by Gasteiger charge is -2.23. The van der Waals surface area contributed by atoms with E-state index in [9.17, 15) is 4.79 Å². The summed E-state index contributed by atoms with van der Waals surface area (Å²) in [4.78, 5) is 15.1. The number of carbonyl (C=O) groups is 1. The van der Waals surface area contributed by atoms with E-state index in [-0.39, 0.29) is 11.9 Å². The van der Waals surface area contributed by atoms with Crippen LogP contribution in [-0.2, 0) is 7.05 Å². The van der Waals surface area contributed by atoms with Gasteiger partial charge in [0.15, 0.2) is 5.76 Å². The molecule has 1 aliphatic heterocycles. The Hall–Kier alpha value is -2.76. The molecule has 0 saturated carbocycles. The van der Waals surface area contributed by atoms with E-state index in [2.05, 4.69) is 5.10 Å². The highest BCUT2D eigenvalue weighted by molar-refractivity contribution is 5.99. The molecule has 1 fully saturated rings. The first kappa shape index (κ1) is 15.7. The van der Waals surface area contributed by atoms with Crippen molar-refractivity contribution in [2.75, 3.05) is 13.7 Å². The second-order valence-corrected chi connectivity index (χ2v) is 6.52. The van der Waals surface area contributed by atoms with Crippen molar-refractivity contribution in [1.82, 2.24) is 14.7 Å². The Bertz CT molecular complexity index is 941. The van der Waals surface area contributed by atoms with E-state index in [0.717, 1.165) is 41.6 Å². The number of fused-ring (bicyclic) bond motifs is 1. The van der Waals surface area contributed by atoms with Crippen molar-refractivity contribution in [3.8, 4) is 5.75 Å². The fourth-order valence-corrected chi connectivity index (χ4v) is 3.63. The zero-order valence-corrected chi connectivity index (χ0v) is 14.7. The van der Waals surface area contributed by atoms with Gasteiger partial charge in [-0.2, -0.15) is 5.10 Å². The summed E-state index contributed by atoms with van der Waals surface area (Å²) >= 11 is 0. The number of aromatic nitrogens is 2. The molecule has 1 amide bonds. The van der Waals surface area contributed by atoms with Crippen molar-refractivity contribution in [3.63, 3.8) is 0 Å². The lowest BCUT2D eigenvalue weighted by molar-refractivity contribution is 0.0704. The van der Waals surface area contributed by atoms with Gasteiger partial charge in [0.1, 0.15) is 11.3 Å². The van der Waals surface area contributed by atoms with Gasteiger partial charge < -0.3 is 14.1 Å². The maximum absolute atomic E-state index is 13.2. The predicted octanol–water partition coefficient (Wildman–Crippen LogP) is 3.46. The Morgan fingerprint density at radius 3 is 2.96 bits per heavy atom. The van der Waals surface area contributed by atoms with E-state index in [0.29, 0.717) is 11.3 Å². The molecular weight excluding hydrogens is 318 g/mol. The van der Waals surface area contributed by atoms with Gasteiger partial charge in [-0.3, -0.25) is 9.48 Å². The van der Waals surface area contributed by atoms with Crippen LogP contribution in [0.25, 0.3) is 11.0 Å². The van der Waals surface area contributed by atoms with Crippen LogP contribution in [-0.4, -0.2) is 34.2 Å². The maximum Gasteiger partial charge on any atom is 0.290 e. The molecule has 6 heteroatoms. The summed E-state index contributed by atoms with van der Waals surface area (Å²) in [5.41, 5.74) is 2.64. The lowest BCUT2D eigenvalue weighted by atomic mass is 10.1. The first-order valence-corrected chi connectivity index (χ1v) is 8.45. The average Bonchev–Trinajstić information content (AvgIpc) is 3.33. The third-order valence-corrected chi connectivity index (χ3v) is 4.96. The number of nitrogens with zero attached hydrogens (tertiary/aromatic N) is 3. The molecule has 130 valence electrons. The quantitative estimate of drug-likeness (QED) is 0.733. The van der Waals surface area contributed by atoms with Gasteiger partial charge in [-0.15, -0.1) is 0 Å². The van der Waals surface area contributed by atoms with Crippen LogP contribution in [0.3, 0.4) is 0 Å². The molecular formula is C19H21N3O3. The molecule has 3 heterocycles. The number of likely N-dealkylation sites (tertiary alicyclic amines) is 1. The molecule has 1 aliphatic rings. The molecule has 2 aromatic heterocycles. The third-order valence-electron chi connectivity index (χ3n) is 4.96. The van der Waals surface area contributed by atoms with Crippen molar-refractivity contribution in [3.05, 3.63) is 47.5 Å². The number of ether oxygens (including phenoxy) is 1. The van der Waals surface area contributed by atoms with Gasteiger partial charge in [-0.25, -0.2) is 0 Å². The van der Waals surface area contributed by atoms with Crippen LogP contribution in [0.5, 0.6) is 5.75 Å². The second-order valence-electron chi connectivity index (χ2n) is 6.52. The molecule has 0 N–H and O–H groups in total. The molecule has 1 unspecified atom stereocenters. The average molecular weight is 339 g/mol. The summed E-state index contributed by atoms with van der Waals surface area (Å²) in [5, 5.41) is 5.16. The molecule has 0 bridgehead atoms. The first-order valence-electron chi connectivity index (χ1n) is 8.45. The fraction of sp³-hybridized carbons (Fsp3) is 0.368. The predicted molar refractivity (Wildman–Crippen MR) is 93.7 cm³/mol. The molecule has 1 saturated heterocycles. The molecule has 3 aromatic rings. The maximum atomic E-state index is 13.2. The Morgan fingerprint density at radius 2 is 2.24 bits per heavy atom.